The van der Waals surface area contributed by atoms with Crippen molar-refractivity contribution in [3.63, 3.8) is 0 Å². The molecule has 1 heterocycles. The van der Waals surface area contributed by atoms with Gasteiger partial charge < -0.3 is 4.90 Å². The minimum atomic E-state index is 0.0898. The standard InChI is InChI=1S/C23H31N3O/c1-17-10-12-20(13-11-17)16-26-19(3)22(18(2)24-26)14-15-23(27)25(4)21-8-6-5-7-9-21/h10-15,21H,5-9,16H2,1-4H3/b15-14+. The molecule has 0 atom stereocenters. The number of carbonyl (C=O) groups excluding carboxylic acids is 1. The molecule has 0 unspecified atom stereocenters. The summed E-state index contributed by atoms with van der Waals surface area (Å²) in [5.41, 5.74) is 5.60. The molecule has 144 valence electrons. The average Bonchev–Trinajstić information content (AvgIpc) is 2.94. The van der Waals surface area contributed by atoms with E-state index in [-0.39, 0.29) is 5.91 Å². The van der Waals surface area contributed by atoms with Crippen molar-refractivity contribution in [2.75, 3.05) is 7.05 Å². The number of likely N-dealkylation sites (N-methyl/N-ethyl adjacent to an activating group) is 1. The van der Waals surface area contributed by atoms with Gasteiger partial charge in [-0.2, -0.15) is 5.10 Å². The molecule has 1 fully saturated rings. The van der Waals surface area contributed by atoms with Gasteiger partial charge in [0, 0.05) is 30.4 Å². The Hall–Kier alpha value is -2.36. The molecule has 0 radical (unpaired) electrons. The Labute approximate surface area is 162 Å². The fourth-order valence-electron chi connectivity index (χ4n) is 3.89. The zero-order valence-corrected chi connectivity index (χ0v) is 17.0. The van der Waals surface area contributed by atoms with Crippen LogP contribution in [0.15, 0.2) is 30.3 Å². The molecule has 3 rings (SSSR count). The van der Waals surface area contributed by atoms with Crippen LogP contribution in [0.4, 0.5) is 0 Å². The molecular formula is C23H31N3O. The van der Waals surface area contributed by atoms with Gasteiger partial charge in [0.05, 0.1) is 12.2 Å². The van der Waals surface area contributed by atoms with Gasteiger partial charge in [-0.05, 0) is 45.3 Å². The van der Waals surface area contributed by atoms with E-state index >= 15 is 0 Å². The van der Waals surface area contributed by atoms with Gasteiger partial charge in [0.15, 0.2) is 0 Å². The molecular weight excluding hydrogens is 334 g/mol. The minimum Gasteiger partial charge on any atom is -0.339 e. The van der Waals surface area contributed by atoms with Crippen LogP contribution >= 0.6 is 0 Å². The van der Waals surface area contributed by atoms with Gasteiger partial charge in [-0.15, -0.1) is 0 Å². The van der Waals surface area contributed by atoms with Crippen LogP contribution in [-0.4, -0.2) is 33.7 Å². The molecule has 4 nitrogen and oxygen atoms in total. The van der Waals surface area contributed by atoms with Gasteiger partial charge in [-0.25, -0.2) is 0 Å². The van der Waals surface area contributed by atoms with Gasteiger partial charge in [0.1, 0.15) is 0 Å². The smallest absolute Gasteiger partial charge is 0.246 e. The number of benzene rings is 1. The van der Waals surface area contributed by atoms with E-state index in [9.17, 15) is 4.79 Å². The molecule has 0 N–H and O–H groups in total. The highest BCUT2D eigenvalue weighted by atomic mass is 16.2. The molecule has 1 aliphatic carbocycles. The summed E-state index contributed by atoms with van der Waals surface area (Å²) >= 11 is 0. The predicted octanol–water partition coefficient (Wildman–Crippen LogP) is 4.66. The number of aromatic nitrogens is 2. The second-order valence-electron chi connectivity index (χ2n) is 7.80. The number of aryl methyl sites for hydroxylation is 2. The molecule has 0 aliphatic heterocycles. The fraction of sp³-hybridized carbons (Fsp3) is 0.478. The maximum Gasteiger partial charge on any atom is 0.246 e. The zero-order valence-electron chi connectivity index (χ0n) is 17.0. The highest BCUT2D eigenvalue weighted by Crippen LogP contribution is 2.22. The molecule has 1 aromatic heterocycles. The Bertz CT molecular complexity index is 811. The average molecular weight is 366 g/mol. The van der Waals surface area contributed by atoms with Crippen molar-refractivity contribution in [1.82, 2.24) is 14.7 Å². The molecule has 1 saturated carbocycles. The Morgan fingerprint density at radius 2 is 1.81 bits per heavy atom. The topological polar surface area (TPSA) is 38.1 Å². The molecule has 2 aromatic rings. The van der Waals surface area contributed by atoms with Crippen LogP contribution in [-0.2, 0) is 11.3 Å². The Morgan fingerprint density at radius 3 is 2.48 bits per heavy atom. The van der Waals surface area contributed by atoms with Gasteiger partial charge in [0.25, 0.3) is 0 Å². The van der Waals surface area contributed by atoms with Crippen molar-refractivity contribution in [3.05, 3.63) is 58.4 Å². The third-order valence-corrected chi connectivity index (χ3v) is 5.75. The summed E-state index contributed by atoms with van der Waals surface area (Å²) in [6, 6.07) is 8.93. The maximum absolute atomic E-state index is 12.6. The Morgan fingerprint density at radius 1 is 1.15 bits per heavy atom. The summed E-state index contributed by atoms with van der Waals surface area (Å²) in [6.45, 7) is 6.92. The summed E-state index contributed by atoms with van der Waals surface area (Å²) in [6.07, 6.45) is 9.66. The lowest BCUT2D eigenvalue weighted by atomic mass is 9.94. The quantitative estimate of drug-likeness (QED) is 0.723. The molecule has 1 aromatic carbocycles. The van der Waals surface area contributed by atoms with Crippen molar-refractivity contribution in [2.45, 2.75) is 65.5 Å². The van der Waals surface area contributed by atoms with E-state index in [1.165, 1.54) is 30.4 Å². The SMILES string of the molecule is Cc1ccc(Cn2nc(C)c(/C=C/C(=O)N(C)C3CCCCC3)c2C)cc1. The molecule has 1 aliphatic rings. The number of carbonyl (C=O) groups is 1. The minimum absolute atomic E-state index is 0.0898. The third-order valence-electron chi connectivity index (χ3n) is 5.75. The molecule has 27 heavy (non-hydrogen) atoms. The Kier molecular flexibility index (Phi) is 6.15. The van der Waals surface area contributed by atoms with E-state index in [4.69, 9.17) is 0 Å². The first kappa shape index (κ1) is 19.4. The summed E-state index contributed by atoms with van der Waals surface area (Å²) in [5.74, 6) is 0.0898. The number of hydrogen-bond acceptors (Lipinski definition) is 2. The second kappa shape index (κ2) is 8.55. The van der Waals surface area contributed by atoms with Crippen LogP contribution in [0.25, 0.3) is 6.08 Å². The van der Waals surface area contributed by atoms with Crippen molar-refractivity contribution in [3.8, 4) is 0 Å². The number of hydrogen-bond donors (Lipinski definition) is 0. The summed E-state index contributed by atoms with van der Waals surface area (Å²) in [7, 11) is 1.93. The fourth-order valence-corrected chi connectivity index (χ4v) is 3.89. The van der Waals surface area contributed by atoms with E-state index in [1.54, 1.807) is 6.08 Å². The first-order valence-corrected chi connectivity index (χ1v) is 10.00. The van der Waals surface area contributed by atoms with Crippen molar-refractivity contribution >= 4 is 12.0 Å². The molecule has 0 spiro atoms. The first-order valence-electron chi connectivity index (χ1n) is 10.00. The Balaban J connectivity index is 1.71. The van der Waals surface area contributed by atoms with Crippen molar-refractivity contribution in [2.24, 2.45) is 0 Å². The van der Waals surface area contributed by atoms with Crippen molar-refractivity contribution in [1.29, 1.82) is 0 Å². The van der Waals surface area contributed by atoms with E-state index in [1.807, 2.05) is 29.6 Å². The van der Waals surface area contributed by atoms with Gasteiger partial charge >= 0.3 is 0 Å². The summed E-state index contributed by atoms with van der Waals surface area (Å²) in [4.78, 5) is 14.5. The van der Waals surface area contributed by atoms with Gasteiger partial charge in [0.2, 0.25) is 5.91 Å². The molecule has 4 heteroatoms. The normalized spacial score (nSPS) is 15.4. The summed E-state index contributed by atoms with van der Waals surface area (Å²) < 4.78 is 2.02. The highest BCUT2D eigenvalue weighted by molar-refractivity contribution is 5.92. The third kappa shape index (κ3) is 4.68. The van der Waals surface area contributed by atoms with Crippen LogP contribution in [0, 0.1) is 20.8 Å². The van der Waals surface area contributed by atoms with Crippen LogP contribution in [0.3, 0.4) is 0 Å². The van der Waals surface area contributed by atoms with Gasteiger partial charge in [-0.1, -0.05) is 49.1 Å². The van der Waals surface area contributed by atoms with E-state index in [2.05, 4.69) is 43.2 Å². The van der Waals surface area contributed by atoms with E-state index < -0.39 is 0 Å². The lowest BCUT2D eigenvalue weighted by Crippen LogP contribution is -2.37. The van der Waals surface area contributed by atoms with E-state index in [0.717, 1.165) is 36.3 Å². The predicted molar refractivity (Wildman–Crippen MR) is 111 cm³/mol. The first-order chi connectivity index (χ1) is 13.0. The van der Waals surface area contributed by atoms with Crippen LogP contribution < -0.4 is 0 Å². The maximum atomic E-state index is 12.6. The van der Waals surface area contributed by atoms with Crippen LogP contribution in [0.5, 0.6) is 0 Å². The van der Waals surface area contributed by atoms with Crippen molar-refractivity contribution < 1.29 is 4.79 Å². The lowest BCUT2D eigenvalue weighted by Gasteiger charge is -2.30. The number of rotatable bonds is 5. The highest BCUT2D eigenvalue weighted by Gasteiger charge is 2.20. The monoisotopic (exact) mass is 365 g/mol. The zero-order chi connectivity index (χ0) is 19.4. The second-order valence-corrected chi connectivity index (χ2v) is 7.80. The van der Waals surface area contributed by atoms with E-state index in [0.29, 0.717) is 6.04 Å². The van der Waals surface area contributed by atoms with Gasteiger partial charge in [-0.3, -0.25) is 9.48 Å². The van der Waals surface area contributed by atoms with Crippen LogP contribution in [0.1, 0.15) is 60.2 Å². The molecule has 1 amide bonds. The number of nitrogens with zero attached hydrogens (tertiary/aromatic N) is 3. The largest absolute Gasteiger partial charge is 0.339 e. The molecule has 0 saturated heterocycles. The molecule has 0 bridgehead atoms. The number of amides is 1. The summed E-state index contributed by atoms with van der Waals surface area (Å²) in [5, 5.41) is 4.68. The van der Waals surface area contributed by atoms with Crippen LogP contribution in [0.2, 0.25) is 0 Å². The lowest BCUT2D eigenvalue weighted by molar-refractivity contribution is -0.127.